The van der Waals surface area contributed by atoms with Crippen LogP contribution in [-0.4, -0.2) is 41.3 Å². The van der Waals surface area contributed by atoms with Crippen LogP contribution in [0.3, 0.4) is 0 Å². The van der Waals surface area contributed by atoms with Gasteiger partial charge in [0.25, 0.3) is 0 Å². The number of anilines is 1. The van der Waals surface area contributed by atoms with Crippen LogP contribution >= 0.6 is 15.9 Å². The van der Waals surface area contributed by atoms with Gasteiger partial charge < -0.3 is 4.90 Å². The number of hydrogen-bond donors (Lipinski definition) is 0. The molecule has 0 N–H and O–H groups in total. The summed E-state index contributed by atoms with van der Waals surface area (Å²) in [6, 6.07) is 9.82. The number of para-hydroxylation sites is 1. The fraction of sp³-hybridized carbons (Fsp3) is 0.571. The third kappa shape index (κ3) is 1.64. The van der Waals surface area contributed by atoms with E-state index in [1.54, 1.807) is 5.57 Å². The molecule has 1 saturated carbocycles. The minimum atomic E-state index is 0.188. The standard InChI is InChI=1S/C21H23BrN2O/c22-9-7-13-12-23-10-8-21-16-3-1-2-4-17(16)24-19(25)6-5-14(20(21)24)15(13)11-18(21)23/h1-4,7,14-15,18,20H,5-6,8-12H2/b13-7+. The predicted octanol–water partition coefficient (Wildman–Crippen LogP) is 3.48. The van der Waals surface area contributed by atoms with Gasteiger partial charge in [0.05, 0.1) is 6.04 Å². The highest BCUT2D eigenvalue weighted by Crippen LogP contribution is 2.64. The fourth-order valence-corrected chi connectivity index (χ4v) is 7.58. The fourth-order valence-electron chi connectivity index (χ4n) is 7.16. The molecule has 3 saturated heterocycles. The van der Waals surface area contributed by atoms with E-state index in [1.807, 2.05) is 0 Å². The van der Waals surface area contributed by atoms with Gasteiger partial charge in [0.1, 0.15) is 0 Å². The Hall–Kier alpha value is -1.13. The van der Waals surface area contributed by atoms with Crippen molar-refractivity contribution in [2.45, 2.75) is 43.2 Å². The Morgan fingerprint density at radius 1 is 1.32 bits per heavy atom. The Kier molecular flexibility index (Phi) is 2.98. The minimum absolute atomic E-state index is 0.188. The highest BCUT2D eigenvalue weighted by Gasteiger charge is 2.68. The Bertz CT molecular complexity index is 805. The van der Waals surface area contributed by atoms with Crippen LogP contribution < -0.4 is 4.90 Å². The largest absolute Gasteiger partial charge is 0.308 e. The molecule has 5 aliphatic rings. The van der Waals surface area contributed by atoms with Gasteiger partial charge in [0.2, 0.25) is 5.91 Å². The van der Waals surface area contributed by atoms with E-state index in [0.717, 1.165) is 24.7 Å². The predicted molar refractivity (Wildman–Crippen MR) is 102 cm³/mol. The number of carbonyl (C=O) groups excluding carboxylic acids is 1. The summed E-state index contributed by atoms with van der Waals surface area (Å²) in [6.45, 7) is 2.32. The van der Waals surface area contributed by atoms with Gasteiger partial charge in [-0.05, 0) is 49.3 Å². The topological polar surface area (TPSA) is 23.6 Å². The van der Waals surface area contributed by atoms with E-state index in [4.69, 9.17) is 0 Å². The third-order valence-corrected chi connectivity index (χ3v) is 8.20. The Labute approximate surface area is 157 Å². The summed E-state index contributed by atoms with van der Waals surface area (Å²) in [5, 5.41) is 0.947. The molecular formula is C21H23BrN2O. The van der Waals surface area contributed by atoms with E-state index >= 15 is 0 Å². The molecule has 4 heteroatoms. The zero-order valence-corrected chi connectivity index (χ0v) is 15.9. The van der Waals surface area contributed by atoms with Gasteiger partial charge in [-0.1, -0.05) is 45.8 Å². The lowest BCUT2D eigenvalue weighted by Crippen LogP contribution is -2.66. The average molecular weight is 399 g/mol. The van der Waals surface area contributed by atoms with Gasteiger partial charge in [0, 0.05) is 35.4 Å². The first-order chi connectivity index (χ1) is 12.3. The Morgan fingerprint density at radius 2 is 2.20 bits per heavy atom. The number of fused-ring (bicyclic) bond motifs is 4. The molecule has 3 nitrogen and oxygen atoms in total. The molecule has 1 amide bonds. The summed E-state index contributed by atoms with van der Waals surface area (Å²) in [4.78, 5) is 17.9. The summed E-state index contributed by atoms with van der Waals surface area (Å²) < 4.78 is 0. The summed E-state index contributed by atoms with van der Waals surface area (Å²) in [5.41, 5.74) is 4.51. The number of allylic oxidation sites excluding steroid dienone is 1. The molecule has 0 aromatic heterocycles. The molecular weight excluding hydrogens is 376 g/mol. The second-order valence-electron chi connectivity index (χ2n) is 8.48. The molecule has 2 bridgehead atoms. The van der Waals surface area contributed by atoms with Crippen molar-refractivity contribution >= 4 is 27.5 Å². The number of amides is 1. The molecule has 5 atom stereocenters. The van der Waals surface area contributed by atoms with Crippen molar-refractivity contribution in [1.82, 2.24) is 4.90 Å². The first-order valence-corrected chi connectivity index (χ1v) is 10.8. The number of halogens is 1. The number of rotatable bonds is 1. The smallest absolute Gasteiger partial charge is 0.227 e. The molecule has 1 spiro atoms. The van der Waals surface area contributed by atoms with Crippen LogP contribution in [0.2, 0.25) is 0 Å². The lowest BCUT2D eigenvalue weighted by molar-refractivity contribution is -0.123. The molecule has 1 aliphatic carbocycles. The number of nitrogens with zero attached hydrogens (tertiary/aromatic N) is 2. The lowest BCUT2D eigenvalue weighted by Gasteiger charge is -2.57. The monoisotopic (exact) mass is 398 g/mol. The highest BCUT2D eigenvalue weighted by molar-refractivity contribution is 9.09. The van der Waals surface area contributed by atoms with Crippen molar-refractivity contribution < 1.29 is 4.79 Å². The van der Waals surface area contributed by atoms with Crippen molar-refractivity contribution in [1.29, 1.82) is 0 Å². The van der Waals surface area contributed by atoms with Crippen LogP contribution in [0.15, 0.2) is 35.9 Å². The van der Waals surface area contributed by atoms with Crippen LogP contribution in [0.1, 0.15) is 31.2 Å². The first-order valence-electron chi connectivity index (χ1n) is 9.66. The third-order valence-electron chi connectivity index (χ3n) is 7.88. The van der Waals surface area contributed by atoms with Gasteiger partial charge in [-0.25, -0.2) is 0 Å². The van der Waals surface area contributed by atoms with E-state index in [-0.39, 0.29) is 5.41 Å². The van der Waals surface area contributed by atoms with Crippen LogP contribution in [0.4, 0.5) is 5.69 Å². The number of hydrogen-bond acceptors (Lipinski definition) is 2. The van der Waals surface area contributed by atoms with Gasteiger partial charge in [-0.2, -0.15) is 0 Å². The summed E-state index contributed by atoms with van der Waals surface area (Å²) in [5.74, 6) is 1.65. The molecule has 4 heterocycles. The normalized spacial score (nSPS) is 42.7. The van der Waals surface area contributed by atoms with E-state index < -0.39 is 0 Å². The maximum atomic E-state index is 13.0. The van der Waals surface area contributed by atoms with Crippen molar-refractivity contribution in [3.8, 4) is 0 Å². The van der Waals surface area contributed by atoms with Crippen molar-refractivity contribution in [3.05, 3.63) is 41.5 Å². The number of alkyl halides is 1. The summed E-state index contributed by atoms with van der Waals surface area (Å²) >= 11 is 3.62. The maximum Gasteiger partial charge on any atom is 0.227 e. The molecule has 0 radical (unpaired) electrons. The second-order valence-corrected chi connectivity index (χ2v) is 9.13. The first kappa shape index (κ1) is 15.0. The number of piperidine rings is 2. The zero-order valence-electron chi connectivity index (χ0n) is 14.3. The second kappa shape index (κ2) is 4.98. The molecule has 4 aliphatic heterocycles. The van der Waals surface area contributed by atoms with E-state index in [1.165, 1.54) is 30.6 Å². The maximum absolute atomic E-state index is 13.0. The average Bonchev–Trinajstić information content (AvgIpc) is 3.17. The van der Waals surface area contributed by atoms with Crippen LogP contribution in [0, 0.1) is 11.8 Å². The van der Waals surface area contributed by atoms with Crippen LogP contribution in [0.25, 0.3) is 0 Å². The molecule has 25 heavy (non-hydrogen) atoms. The Balaban J connectivity index is 1.60. The van der Waals surface area contributed by atoms with Crippen molar-refractivity contribution in [2.75, 3.05) is 23.3 Å². The van der Waals surface area contributed by atoms with Crippen LogP contribution in [0.5, 0.6) is 0 Å². The van der Waals surface area contributed by atoms with Gasteiger partial charge in [-0.3, -0.25) is 9.69 Å². The molecule has 6 rings (SSSR count). The van der Waals surface area contributed by atoms with Gasteiger partial charge >= 0.3 is 0 Å². The number of benzene rings is 1. The van der Waals surface area contributed by atoms with Crippen molar-refractivity contribution in [2.24, 2.45) is 11.8 Å². The highest BCUT2D eigenvalue weighted by atomic mass is 79.9. The minimum Gasteiger partial charge on any atom is -0.308 e. The molecule has 130 valence electrons. The summed E-state index contributed by atoms with van der Waals surface area (Å²) in [6.07, 6.45) is 6.71. The molecule has 1 aromatic rings. The van der Waals surface area contributed by atoms with E-state index in [0.29, 0.717) is 29.8 Å². The van der Waals surface area contributed by atoms with E-state index in [9.17, 15) is 4.79 Å². The van der Waals surface area contributed by atoms with E-state index in [2.05, 4.69) is 56.1 Å². The lowest BCUT2D eigenvalue weighted by atomic mass is 9.54. The molecule has 4 fully saturated rings. The zero-order chi connectivity index (χ0) is 16.8. The van der Waals surface area contributed by atoms with Gasteiger partial charge in [-0.15, -0.1) is 0 Å². The Morgan fingerprint density at radius 3 is 3.08 bits per heavy atom. The SMILES string of the molecule is O=C1CCC2C3CC4N(CCC45c4ccccc4N1C25)C/C3=C\CBr. The molecule has 5 unspecified atom stereocenters. The van der Waals surface area contributed by atoms with Gasteiger partial charge in [0.15, 0.2) is 0 Å². The summed E-state index contributed by atoms with van der Waals surface area (Å²) in [7, 11) is 0. The van der Waals surface area contributed by atoms with Crippen LogP contribution in [-0.2, 0) is 10.2 Å². The number of carbonyl (C=O) groups is 1. The quantitative estimate of drug-likeness (QED) is 0.533. The molecule has 1 aromatic carbocycles. The van der Waals surface area contributed by atoms with Crippen molar-refractivity contribution in [3.63, 3.8) is 0 Å².